The van der Waals surface area contributed by atoms with Crippen molar-refractivity contribution in [1.29, 1.82) is 0 Å². The van der Waals surface area contributed by atoms with Gasteiger partial charge in [-0.25, -0.2) is 4.79 Å². The van der Waals surface area contributed by atoms with Crippen molar-refractivity contribution in [3.8, 4) is 0 Å². The molecule has 0 aromatic heterocycles. The van der Waals surface area contributed by atoms with E-state index in [1.165, 1.54) is 18.9 Å². The van der Waals surface area contributed by atoms with Crippen molar-refractivity contribution >= 4 is 29.2 Å². The normalized spacial score (nSPS) is 14.3. The van der Waals surface area contributed by atoms with E-state index in [1.54, 1.807) is 23.9 Å². The van der Waals surface area contributed by atoms with Gasteiger partial charge in [0.2, 0.25) is 5.78 Å². The highest BCUT2D eigenvalue weighted by molar-refractivity contribution is 7.99. The summed E-state index contributed by atoms with van der Waals surface area (Å²) in [5, 5.41) is 3.86. The second kappa shape index (κ2) is 10.0. The van der Waals surface area contributed by atoms with Gasteiger partial charge in [-0.05, 0) is 62.1 Å². The Morgan fingerprint density at radius 2 is 1.71 bits per heavy atom. The lowest BCUT2D eigenvalue weighted by molar-refractivity contribution is -0.140. The molecule has 144 valence electrons. The standard InChI is InChI=1S/C23H23NO3S/c1-17(25)27-24-22(16-18-8-4-2-5-9-18)23(26)19-12-14-21(15-13-19)28-20-10-6-3-7-11-20/h3,6-8,10-15H,2,4-5,9,16H2,1H3. The Balaban J connectivity index is 1.74. The Hall–Kier alpha value is -2.66. The number of carbonyl (C=O) groups is 2. The number of allylic oxidation sites excluding steroid dienone is 2. The van der Waals surface area contributed by atoms with E-state index in [1.807, 2.05) is 42.5 Å². The van der Waals surface area contributed by atoms with E-state index >= 15 is 0 Å². The molecule has 4 nitrogen and oxygen atoms in total. The van der Waals surface area contributed by atoms with Gasteiger partial charge in [0, 0.05) is 28.7 Å². The fourth-order valence-electron chi connectivity index (χ4n) is 3.02. The first-order valence-electron chi connectivity index (χ1n) is 9.42. The minimum atomic E-state index is -0.530. The van der Waals surface area contributed by atoms with Gasteiger partial charge in [0.25, 0.3) is 0 Å². The molecule has 0 saturated heterocycles. The fourth-order valence-corrected chi connectivity index (χ4v) is 3.86. The highest BCUT2D eigenvalue weighted by atomic mass is 32.2. The molecular weight excluding hydrogens is 370 g/mol. The van der Waals surface area contributed by atoms with Crippen LogP contribution in [0.1, 0.15) is 49.4 Å². The first-order chi connectivity index (χ1) is 13.6. The molecule has 0 N–H and O–H groups in total. The smallest absolute Gasteiger partial charge is 0.318 e. The minimum absolute atomic E-state index is 0.205. The van der Waals surface area contributed by atoms with Gasteiger partial charge >= 0.3 is 5.97 Å². The van der Waals surface area contributed by atoms with E-state index < -0.39 is 5.97 Å². The van der Waals surface area contributed by atoms with E-state index in [0.717, 1.165) is 29.1 Å². The van der Waals surface area contributed by atoms with E-state index in [4.69, 9.17) is 4.84 Å². The number of carbonyl (C=O) groups excluding carboxylic acids is 2. The third-order valence-electron chi connectivity index (χ3n) is 4.42. The lowest BCUT2D eigenvalue weighted by Gasteiger charge is -2.13. The second-order valence-electron chi connectivity index (χ2n) is 6.67. The molecule has 0 saturated carbocycles. The maximum Gasteiger partial charge on any atom is 0.331 e. The number of hydrogen-bond donors (Lipinski definition) is 0. The maximum atomic E-state index is 12.9. The molecule has 1 aliphatic rings. The summed E-state index contributed by atoms with van der Waals surface area (Å²) >= 11 is 1.64. The van der Waals surface area contributed by atoms with Gasteiger partial charge in [-0.1, -0.05) is 46.8 Å². The zero-order valence-electron chi connectivity index (χ0n) is 15.9. The molecular formula is C23H23NO3S. The number of Topliss-reactive ketones (excluding diaryl/α,β-unsaturated/α-hetero) is 1. The largest absolute Gasteiger partial charge is 0.331 e. The summed E-state index contributed by atoms with van der Waals surface area (Å²) in [6, 6.07) is 17.5. The summed E-state index contributed by atoms with van der Waals surface area (Å²) in [6.07, 6.45) is 6.86. The lowest BCUT2D eigenvalue weighted by atomic mass is 9.93. The first-order valence-corrected chi connectivity index (χ1v) is 10.2. The summed E-state index contributed by atoms with van der Waals surface area (Å²) in [6.45, 7) is 1.28. The van der Waals surface area contributed by atoms with Crippen LogP contribution in [0.3, 0.4) is 0 Å². The number of ketones is 1. The average Bonchev–Trinajstić information content (AvgIpc) is 2.72. The van der Waals surface area contributed by atoms with Gasteiger partial charge < -0.3 is 4.84 Å². The summed E-state index contributed by atoms with van der Waals surface area (Å²) in [5.74, 6) is -0.735. The van der Waals surface area contributed by atoms with E-state index in [2.05, 4.69) is 11.2 Å². The average molecular weight is 394 g/mol. The quantitative estimate of drug-likeness (QED) is 0.195. The number of nitrogens with zero attached hydrogens (tertiary/aromatic N) is 1. The molecule has 0 fully saturated rings. The molecule has 0 heterocycles. The molecule has 5 heteroatoms. The van der Waals surface area contributed by atoms with Crippen molar-refractivity contribution in [3.05, 3.63) is 71.8 Å². The molecule has 0 atom stereocenters. The van der Waals surface area contributed by atoms with Crippen LogP contribution in [0, 0.1) is 0 Å². The zero-order valence-corrected chi connectivity index (χ0v) is 16.7. The van der Waals surface area contributed by atoms with E-state index in [-0.39, 0.29) is 11.5 Å². The lowest BCUT2D eigenvalue weighted by Crippen LogP contribution is -2.17. The summed E-state index contributed by atoms with van der Waals surface area (Å²) in [5.41, 5.74) is 1.99. The van der Waals surface area contributed by atoms with Crippen LogP contribution in [0.4, 0.5) is 0 Å². The van der Waals surface area contributed by atoms with Crippen LogP contribution >= 0.6 is 11.8 Å². The van der Waals surface area contributed by atoms with Gasteiger partial charge in [-0.15, -0.1) is 0 Å². The van der Waals surface area contributed by atoms with Crippen LogP contribution in [-0.2, 0) is 9.63 Å². The number of rotatable bonds is 7. The van der Waals surface area contributed by atoms with Crippen LogP contribution in [0.2, 0.25) is 0 Å². The predicted molar refractivity (Wildman–Crippen MR) is 112 cm³/mol. The highest BCUT2D eigenvalue weighted by Gasteiger charge is 2.18. The van der Waals surface area contributed by atoms with E-state index in [9.17, 15) is 9.59 Å². The number of hydrogen-bond acceptors (Lipinski definition) is 5. The van der Waals surface area contributed by atoms with Crippen molar-refractivity contribution in [2.45, 2.75) is 48.8 Å². The molecule has 28 heavy (non-hydrogen) atoms. The number of benzene rings is 2. The summed E-state index contributed by atoms with van der Waals surface area (Å²) in [7, 11) is 0. The summed E-state index contributed by atoms with van der Waals surface area (Å²) in [4.78, 5) is 31.1. The van der Waals surface area contributed by atoms with Crippen molar-refractivity contribution in [1.82, 2.24) is 0 Å². The zero-order chi connectivity index (χ0) is 19.8. The second-order valence-corrected chi connectivity index (χ2v) is 7.82. The third-order valence-corrected chi connectivity index (χ3v) is 5.44. The SMILES string of the molecule is CC(=O)ON=C(CC1=CCCCC1)C(=O)c1ccc(Sc2ccccc2)cc1. The molecule has 3 rings (SSSR count). The fraction of sp³-hybridized carbons (Fsp3) is 0.261. The summed E-state index contributed by atoms with van der Waals surface area (Å²) < 4.78 is 0. The van der Waals surface area contributed by atoms with Crippen LogP contribution in [0.15, 0.2) is 81.2 Å². The topological polar surface area (TPSA) is 55.7 Å². The Morgan fingerprint density at radius 1 is 1.00 bits per heavy atom. The van der Waals surface area contributed by atoms with Crippen molar-refractivity contribution < 1.29 is 14.4 Å². The first kappa shape index (κ1) is 20.1. The van der Waals surface area contributed by atoms with Crippen LogP contribution in [0.5, 0.6) is 0 Å². The highest BCUT2D eigenvalue weighted by Crippen LogP contribution is 2.28. The molecule has 0 bridgehead atoms. The molecule has 2 aromatic carbocycles. The van der Waals surface area contributed by atoms with Gasteiger partial charge in [-0.3, -0.25) is 4.79 Å². The minimum Gasteiger partial charge on any atom is -0.318 e. The molecule has 0 amide bonds. The molecule has 0 spiro atoms. The van der Waals surface area contributed by atoms with E-state index in [0.29, 0.717) is 12.0 Å². The third kappa shape index (κ3) is 5.92. The Labute approximate surface area is 169 Å². The Kier molecular flexibility index (Phi) is 7.20. The van der Waals surface area contributed by atoms with Crippen molar-refractivity contribution in [3.63, 3.8) is 0 Å². The predicted octanol–water partition coefficient (Wildman–Crippen LogP) is 5.83. The van der Waals surface area contributed by atoms with Crippen LogP contribution in [0.25, 0.3) is 0 Å². The van der Waals surface area contributed by atoms with Crippen molar-refractivity contribution in [2.75, 3.05) is 0 Å². The maximum absolute atomic E-state index is 12.9. The molecule has 2 aromatic rings. The van der Waals surface area contributed by atoms with Crippen LogP contribution in [-0.4, -0.2) is 17.5 Å². The molecule has 0 aliphatic heterocycles. The Bertz CT molecular complexity index is 886. The molecule has 0 unspecified atom stereocenters. The number of oxime groups is 1. The molecule has 0 radical (unpaired) electrons. The Morgan fingerprint density at radius 3 is 2.36 bits per heavy atom. The van der Waals surface area contributed by atoms with Gasteiger partial charge in [0.15, 0.2) is 0 Å². The van der Waals surface area contributed by atoms with Crippen LogP contribution < -0.4 is 0 Å². The monoisotopic (exact) mass is 393 g/mol. The van der Waals surface area contributed by atoms with Gasteiger partial charge in [0.1, 0.15) is 5.71 Å². The van der Waals surface area contributed by atoms with Gasteiger partial charge in [-0.2, -0.15) is 0 Å². The van der Waals surface area contributed by atoms with Crippen molar-refractivity contribution in [2.24, 2.45) is 5.16 Å². The molecule has 1 aliphatic carbocycles. The van der Waals surface area contributed by atoms with Gasteiger partial charge in [0.05, 0.1) is 0 Å².